The number of rotatable bonds is 5. The molecule has 0 saturated heterocycles. The molecule has 2 aromatic carbocycles. The van der Waals surface area contributed by atoms with E-state index in [1.54, 1.807) is 43.3 Å². The summed E-state index contributed by atoms with van der Waals surface area (Å²) in [4.78, 5) is 19.1. The molecule has 0 radical (unpaired) electrons. The van der Waals surface area contributed by atoms with E-state index < -0.39 is 12.0 Å². The molecule has 25 heavy (non-hydrogen) atoms. The summed E-state index contributed by atoms with van der Waals surface area (Å²) in [5, 5.41) is 11.5. The summed E-state index contributed by atoms with van der Waals surface area (Å²) in [5.41, 5.74) is 1.61. The van der Waals surface area contributed by atoms with Crippen LogP contribution in [0, 0.1) is 0 Å². The van der Waals surface area contributed by atoms with Crippen molar-refractivity contribution in [3.8, 4) is 5.75 Å². The number of carbonyl (C=O) groups is 1. The van der Waals surface area contributed by atoms with Gasteiger partial charge in [0.25, 0.3) is 5.91 Å². The normalized spacial score (nSPS) is 12.0. The Hall–Kier alpha value is -2.51. The molecule has 1 N–H and O–H groups in total. The summed E-state index contributed by atoms with van der Waals surface area (Å²) < 4.78 is 5.20. The predicted octanol–water partition coefficient (Wildman–Crippen LogP) is 3.20. The number of hydrogen-bond donors (Lipinski definition) is 1. The number of ether oxygens (including phenoxy) is 1. The van der Waals surface area contributed by atoms with E-state index in [4.69, 9.17) is 32.8 Å². The molecule has 0 aliphatic carbocycles. The number of hydrogen-bond acceptors (Lipinski definition) is 5. The monoisotopic (exact) mass is 380 g/mol. The maximum atomic E-state index is 12.4. The van der Waals surface area contributed by atoms with Gasteiger partial charge in [0.05, 0.1) is 12.8 Å². The van der Waals surface area contributed by atoms with Gasteiger partial charge in [-0.3, -0.25) is 4.79 Å². The van der Waals surface area contributed by atoms with Crippen LogP contribution < -0.4 is 14.9 Å². The third kappa shape index (κ3) is 3.78. The van der Waals surface area contributed by atoms with E-state index in [0.29, 0.717) is 32.5 Å². The van der Waals surface area contributed by atoms with Gasteiger partial charge in [-0.25, -0.2) is 0 Å². The van der Waals surface area contributed by atoms with E-state index in [9.17, 15) is 4.79 Å². The van der Waals surface area contributed by atoms with Crippen LogP contribution in [-0.4, -0.2) is 34.3 Å². The van der Waals surface area contributed by atoms with Crippen LogP contribution in [0.25, 0.3) is 11.0 Å². The molecule has 0 aliphatic heterocycles. The van der Waals surface area contributed by atoms with Gasteiger partial charge < -0.3 is 14.9 Å². The highest BCUT2D eigenvalue weighted by atomic mass is 35.5. The van der Waals surface area contributed by atoms with Gasteiger partial charge in [0.15, 0.2) is 0 Å². The minimum atomic E-state index is -0.854. The molecule has 9 heteroatoms. The number of nitrogens with one attached hydrogen (secondary N) is 1. The van der Waals surface area contributed by atoms with Gasteiger partial charge >= 0.3 is 0 Å². The van der Waals surface area contributed by atoms with Crippen molar-refractivity contribution < 1.29 is 14.4 Å². The van der Waals surface area contributed by atoms with Crippen LogP contribution in [0.4, 0.5) is 5.69 Å². The molecule has 7 nitrogen and oxygen atoms in total. The lowest BCUT2D eigenvalue weighted by Crippen LogP contribution is -2.35. The number of methoxy groups -OCH3 is 1. The first kappa shape index (κ1) is 17.3. The van der Waals surface area contributed by atoms with Gasteiger partial charge in [-0.15, -0.1) is 5.10 Å². The SMILES string of the molecule is COc1ccc(Cl)cc1NC(=O)C(C)On1nnc2ccc(Cl)cc21. The maximum absolute atomic E-state index is 12.4. The number of anilines is 1. The zero-order valence-corrected chi connectivity index (χ0v) is 14.9. The second-order valence-corrected chi connectivity index (χ2v) is 6.05. The van der Waals surface area contributed by atoms with Crippen LogP contribution in [-0.2, 0) is 4.79 Å². The number of carbonyl (C=O) groups excluding carboxylic acids is 1. The lowest BCUT2D eigenvalue weighted by Gasteiger charge is -2.15. The quantitative estimate of drug-likeness (QED) is 0.735. The van der Waals surface area contributed by atoms with E-state index in [2.05, 4.69) is 15.6 Å². The fourth-order valence-corrected chi connectivity index (χ4v) is 2.50. The molecule has 1 amide bonds. The summed E-state index contributed by atoms with van der Waals surface area (Å²) in [6, 6.07) is 9.99. The Balaban J connectivity index is 1.76. The highest BCUT2D eigenvalue weighted by Crippen LogP contribution is 2.27. The maximum Gasteiger partial charge on any atom is 0.268 e. The first-order valence-corrected chi connectivity index (χ1v) is 8.06. The molecule has 130 valence electrons. The molecular weight excluding hydrogens is 367 g/mol. The summed E-state index contributed by atoms with van der Waals surface area (Å²) in [6.07, 6.45) is -0.854. The van der Waals surface area contributed by atoms with Gasteiger partial charge in [-0.1, -0.05) is 28.0 Å². The second kappa shape index (κ2) is 7.16. The summed E-state index contributed by atoms with van der Waals surface area (Å²) >= 11 is 11.9. The Labute approximate surface area is 153 Å². The molecule has 3 rings (SSSR count). The smallest absolute Gasteiger partial charge is 0.268 e. The van der Waals surface area contributed by atoms with Crippen molar-refractivity contribution in [2.24, 2.45) is 0 Å². The number of aromatic nitrogens is 3. The molecule has 0 bridgehead atoms. The minimum absolute atomic E-state index is 0.397. The average Bonchev–Trinajstić information content (AvgIpc) is 2.97. The van der Waals surface area contributed by atoms with Gasteiger partial charge in [0.1, 0.15) is 16.8 Å². The molecule has 1 aromatic heterocycles. The van der Waals surface area contributed by atoms with E-state index in [1.165, 1.54) is 12.0 Å². The Kier molecular flexibility index (Phi) is 4.96. The van der Waals surface area contributed by atoms with Crippen molar-refractivity contribution in [2.45, 2.75) is 13.0 Å². The van der Waals surface area contributed by atoms with Crippen LogP contribution in [0.3, 0.4) is 0 Å². The van der Waals surface area contributed by atoms with Crippen LogP contribution in [0.5, 0.6) is 5.75 Å². The minimum Gasteiger partial charge on any atom is -0.495 e. The van der Waals surface area contributed by atoms with Crippen LogP contribution in [0.2, 0.25) is 10.0 Å². The van der Waals surface area contributed by atoms with Crippen molar-refractivity contribution in [3.05, 3.63) is 46.4 Å². The highest BCUT2D eigenvalue weighted by Gasteiger charge is 2.19. The van der Waals surface area contributed by atoms with Gasteiger partial charge in [-0.05, 0) is 48.5 Å². The van der Waals surface area contributed by atoms with Crippen molar-refractivity contribution in [1.29, 1.82) is 0 Å². The number of fused-ring (bicyclic) bond motifs is 1. The number of nitrogens with zero attached hydrogens (tertiary/aromatic N) is 3. The molecular formula is C16H14Cl2N4O3. The van der Waals surface area contributed by atoms with E-state index in [-0.39, 0.29) is 0 Å². The van der Waals surface area contributed by atoms with Gasteiger partial charge in [-0.2, -0.15) is 0 Å². The molecule has 0 spiro atoms. The Morgan fingerprint density at radius 3 is 2.68 bits per heavy atom. The molecule has 0 fully saturated rings. The Morgan fingerprint density at radius 1 is 1.20 bits per heavy atom. The van der Waals surface area contributed by atoms with Gasteiger partial charge in [0, 0.05) is 10.0 Å². The fourth-order valence-electron chi connectivity index (χ4n) is 2.16. The van der Waals surface area contributed by atoms with Crippen molar-refractivity contribution in [2.75, 3.05) is 12.4 Å². The summed E-state index contributed by atoms with van der Waals surface area (Å²) in [6.45, 7) is 1.59. The number of amides is 1. The van der Waals surface area contributed by atoms with E-state index in [0.717, 1.165) is 0 Å². The summed E-state index contributed by atoms with van der Waals surface area (Å²) in [7, 11) is 1.50. The number of benzene rings is 2. The van der Waals surface area contributed by atoms with Gasteiger partial charge in [0.2, 0.25) is 6.10 Å². The van der Waals surface area contributed by atoms with Crippen molar-refractivity contribution >= 4 is 45.8 Å². The van der Waals surface area contributed by atoms with Crippen molar-refractivity contribution in [1.82, 2.24) is 15.2 Å². The molecule has 3 aromatic rings. The predicted molar refractivity (Wildman–Crippen MR) is 95.2 cm³/mol. The van der Waals surface area contributed by atoms with Crippen LogP contribution >= 0.6 is 23.2 Å². The number of halogens is 2. The lowest BCUT2D eigenvalue weighted by molar-refractivity contribution is -0.127. The van der Waals surface area contributed by atoms with Crippen LogP contribution in [0.1, 0.15) is 6.92 Å². The van der Waals surface area contributed by atoms with Crippen LogP contribution in [0.15, 0.2) is 36.4 Å². The molecule has 0 saturated carbocycles. The standard InChI is InChI=1S/C16H14Cl2N4O3/c1-9(16(23)19-13-7-10(17)4-6-15(13)24-2)25-22-14-8-11(18)3-5-12(14)20-21-22/h3-9H,1-2H3,(H,19,23). The average molecular weight is 381 g/mol. The Bertz CT molecular complexity index is 929. The molecule has 1 atom stereocenters. The zero-order chi connectivity index (χ0) is 18.0. The molecule has 0 aliphatic rings. The topological polar surface area (TPSA) is 78.3 Å². The fraction of sp³-hybridized carbons (Fsp3) is 0.188. The Morgan fingerprint density at radius 2 is 1.92 bits per heavy atom. The second-order valence-electron chi connectivity index (χ2n) is 5.18. The first-order chi connectivity index (χ1) is 12.0. The largest absolute Gasteiger partial charge is 0.495 e. The van der Waals surface area contributed by atoms with E-state index >= 15 is 0 Å². The summed E-state index contributed by atoms with van der Waals surface area (Å²) in [5.74, 6) is 0.0918. The first-order valence-electron chi connectivity index (χ1n) is 7.30. The van der Waals surface area contributed by atoms with E-state index in [1.807, 2.05) is 0 Å². The highest BCUT2D eigenvalue weighted by molar-refractivity contribution is 6.31. The molecule has 1 heterocycles. The zero-order valence-electron chi connectivity index (χ0n) is 13.4. The third-order valence-electron chi connectivity index (χ3n) is 3.42. The lowest BCUT2D eigenvalue weighted by atomic mass is 10.2. The molecule has 1 unspecified atom stereocenters. The third-order valence-corrected chi connectivity index (χ3v) is 3.89. The van der Waals surface area contributed by atoms with Crippen molar-refractivity contribution in [3.63, 3.8) is 0 Å².